The van der Waals surface area contributed by atoms with Gasteiger partial charge < -0.3 is 40.0 Å². The molecule has 3 saturated carbocycles. The molecule has 1 saturated heterocycles. The molecule has 0 aromatic rings. The standard InChI is InChI=1S/C37H61NO9/c1-20(19-45-23(4)41)8-7-9-21(2)28-17-29(46-35-32(38-22(3)40)34(44)33(43)30(18-39)47-35)31-26-11-10-24-16-25(42)12-14-36(24,5)27(26)13-15-37(28,31)6/h10,20-21,25-35,39,42-44H,7-9,11-19H2,1-6H3,(H,38,40)/t20-,21-,25?,26?,27?,28-,29?,30-,31?,32-,33-,34+,35-,36+,37-/m1/s1. The number of esters is 1. The van der Waals surface area contributed by atoms with E-state index >= 15 is 0 Å². The van der Waals surface area contributed by atoms with Crippen molar-refractivity contribution in [1.29, 1.82) is 0 Å². The summed E-state index contributed by atoms with van der Waals surface area (Å²) in [5, 5.41) is 44.9. The van der Waals surface area contributed by atoms with E-state index in [2.05, 4.69) is 39.1 Å². The van der Waals surface area contributed by atoms with Crippen LogP contribution in [-0.4, -0.2) is 88.4 Å². The second-order valence-electron chi connectivity index (χ2n) is 16.4. The Morgan fingerprint density at radius 3 is 2.51 bits per heavy atom. The van der Waals surface area contributed by atoms with Crippen molar-refractivity contribution in [3.63, 3.8) is 0 Å². The summed E-state index contributed by atoms with van der Waals surface area (Å²) in [4.78, 5) is 23.5. The van der Waals surface area contributed by atoms with Crippen molar-refractivity contribution < 1.29 is 44.2 Å². The van der Waals surface area contributed by atoms with Crippen molar-refractivity contribution in [2.24, 2.45) is 46.3 Å². The lowest BCUT2D eigenvalue weighted by Gasteiger charge is -2.59. The highest BCUT2D eigenvalue weighted by Crippen LogP contribution is 2.68. The first-order valence-electron chi connectivity index (χ1n) is 18.3. The predicted octanol–water partition coefficient (Wildman–Crippen LogP) is 3.87. The maximum absolute atomic E-state index is 12.2. The third-order valence-electron chi connectivity index (χ3n) is 13.3. The minimum atomic E-state index is -1.36. The van der Waals surface area contributed by atoms with Gasteiger partial charge in [-0.05, 0) is 97.7 Å². The van der Waals surface area contributed by atoms with Gasteiger partial charge in [-0.25, -0.2) is 0 Å². The van der Waals surface area contributed by atoms with Crippen LogP contribution < -0.4 is 5.32 Å². The van der Waals surface area contributed by atoms with Gasteiger partial charge in [0.25, 0.3) is 0 Å². The average Bonchev–Trinajstić information content (AvgIpc) is 3.31. The maximum atomic E-state index is 12.2. The molecular formula is C37H61NO9. The summed E-state index contributed by atoms with van der Waals surface area (Å²) in [6.07, 6.45) is 6.86. The second kappa shape index (κ2) is 14.7. The molecule has 4 aliphatic carbocycles. The van der Waals surface area contributed by atoms with Crippen LogP contribution in [0, 0.1) is 46.3 Å². The summed E-state index contributed by atoms with van der Waals surface area (Å²) in [6, 6.07) is -0.971. The number of fused-ring (bicyclic) bond motifs is 5. The number of aliphatic hydroxyl groups is 4. The van der Waals surface area contributed by atoms with Crippen LogP contribution in [0.25, 0.3) is 0 Å². The number of carbonyl (C=O) groups excluding carboxylic acids is 2. The zero-order chi connectivity index (χ0) is 34.3. The number of hydrogen-bond donors (Lipinski definition) is 5. The lowest BCUT2D eigenvalue weighted by molar-refractivity contribution is -0.289. The summed E-state index contributed by atoms with van der Waals surface area (Å²) in [5.41, 5.74) is 1.48. The molecule has 5 N–H and O–H groups in total. The largest absolute Gasteiger partial charge is 0.466 e. The SMILES string of the molecule is CC(=O)N[C@H]1[C@H](OC2C[C@H]([C@H](C)CCC[C@@H](C)COC(C)=O)[C@@]3(C)CCC4C(CC=C5CC(O)CC[C@@]54C)C23)O[C@H](CO)[C@@H](O)[C@H]1O. The summed E-state index contributed by atoms with van der Waals surface area (Å²) in [7, 11) is 0. The number of carbonyl (C=O) groups is 2. The van der Waals surface area contributed by atoms with E-state index < -0.39 is 37.3 Å². The quantitative estimate of drug-likeness (QED) is 0.164. The molecule has 0 bridgehead atoms. The Bertz CT molecular complexity index is 1150. The first kappa shape index (κ1) is 36.7. The van der Waals surface area contributed by atoms with Crippen molar-refractivity contribution in [2.45, 2.75) is 149 Å². The van der Waals surface area contributed by atoms with Crippen LogP contribution in [0.4, 0.5) is 0 Å². The molecule has 268 valence electrons. The van der Waals surface area contributed by atoms with Crippen LogP contribution in [0.15, 0.2) is 11.6 Å². The van der Waals surface area contributed by atoms with Gasteiger partial charge in [-0.2, -0.15) is 0 Å². The number of rotatable bonds is 11. The van der Waals surface area contributed by atoms with Gasteiger partial charge >= 0.3 is 5.97 Å². The van der Waals surface area contributed by atoms with Gasteiger partial charge in [-0.15, -0.1) is 0 Å². The van der Waals surface area contributed by atoms with Crippen molar-refractivity contribution >= 4 is 11.9 Å². The van der Waals surface area contributed by atoms with Crippen LogP contribution in [0.5, 0.6) is 0 Å². The van der Waals surface area contributed by atoms with E-state index in [-0.39, 0.29) is 40.8 Å². The third-order valence-corrected chi connectivity index (χ3v) is 13.3. The molecule has 5 unspecified atom stereocenters. The molecule has 0 aromatic carbocycles. The Labute approximate surface area is 281 Å². The number of amides is 1. The van der Waals surface area contributed by atoms with Gasteiger partial charge in [-0.3, -0.25) is 9.59 Å². The van der Waals surface area contributed by atoms with Crippen LogP contribution in [0.3, 0.4) is 0 Å². The minimum Gasteiger partial charge on any atom is -0.466 e. The van der Waals surface area contributed by atoms with Crippen molar-refractivity contribution in [2.75, 3.05) is 13.2 Å². The van der Waals surface area contributed by atoms with E-state index in [1.54, 1.807) is 0 Å². The summed E-state index contributed by atoms with van der Waals surface area (Å²) < 4.78 is 18.3. The van der Waals surface area contributed by atoms with Crippen molar-refractivity contribution in [3.05, 3.63) is 11.6 Å². The molecule has 5 rings (SSSR count). The van der Waals surface area contributed by atoms with Gasteiger partial charge in [-0.1, -0.05) is 52.2 Å². The molecule has 10 heteroatoms. The van der Waals surface area contributed by atoms with E-state index in [0.29, 0.717) is 36.2 Å². The van der Waals surface area contributed by atoms with E-state index in [4.69, 9.17) is 14.2 Å². The van der Waals surface area contributed by atoms with E-state index in [0.717, 1.165) is 64.2 Å². The minimum absolute atomic E-state index is 0.0111. The summed E-state index contributed by atoms with van der Waals surface area (Å²) >= 11 is 0. The fourth-order valence-electron chi connectivity index (χ4n) is 10.8. The van der Waals surface area contributed by atoms with E-state index in [9.17, 15) is 30.0 Å². The van der Waals surface area contributed by atoms with Gasteiger partial charge in [0.15, 0.2) is 6.29 Å². The molecule has 15 atom stereocenters. The first-order chi connectivity index (χ1) is 22.2. The molecular weight excluding hydrogens is 602 g/mol. The normalized spacial score (nSPS) is 44.3. The maximum Gasteiger partial charge on any atom is 0.302 e. The number of ether oxygens (including phenoxy) is 3. The highest BCUT2D eigenvalue weighted by Gasteiger charge is 2.63. The number of hydrogen-bond acceptors (Lipinski definition) is 9. The first-order valence-corrected chi connectivity index (χ1v) is 18.3. The topological polar surface area (TPSA) is 155 Å². The highest BCUT2D eigenvalue weighted by molar-refractivity contribution is 5.73. The van der Waals surface area contributed by atoms with Gasteiger partial charge in [0, 0.05) is 13.8 Å². The Morgan fingerprint density at radius 1 is 1.09 bits per heavy atom. The average molecular weight is 664 g/mol. The zero-order valence-corrected chi connectivity index (χ0v) is 29.4. The van der Waals surface area contributed by atoms with Crippen LogP contribution in [-0.2, 0) is 23.8 Å². The molecule has 47 heavy (non-hydrogen) atoms. The molecule has 0 aromatic heterocycles. The van der Waals surface area contributed by atoms with Crippen LogP contribution >= 0.6 is 0 Å². The predicted molar refractivity (Wildman–Crippen MR) is 176 cm³/mol. The number of allylic oxidation sites excluding steroid dienone is 1. The summed E-state index contributed by atoms with van der Waals surface area (Å²) in [5.74, 6) is 1.60. The van der Waals surface area contributed by atoms with Crippen LogP contribution in [0.2, 0.25) is 0 Å². The Kier molecular flexibility index (Phi) is 11.5. The van der Waals surface area contributed by atoms with Crippen molar-refractivity contribution in [1.82, 2.24) is 5.32 Å². The Balaban J connectivity index is 1.41. The van der Waals surface area contributed by atoms with E-state index in [1.807, 2.05) is 0 Å². The molecule has 0 spiro atoms. The Morgan fingerprint density at radius 2 is 1.83 bits per heavy atom. The van der Waals surface area contributed by atoms with Gasteiger partial charge in [0.2, 0.25) is 5.91 Å². The molecule has 1 aliphatic heterocycles. The molecule has 10 nitrogen and oxygen atoms in total. The molecule has 5 aliphatic rings. The fraction of sp³-hybridized carbons (Fsp3) is 0.892. The smallest absolute Gasteiger partial charge is 0.302 e. The number of nitrogens with one attached hydrogen (secondary N) is 1. The van der Waals surface area contributed by atoms with Gasteiger partial charge in [0.05, 0.1) is 25.4 Å². The molecule has 0 radical (unpaired) electrons. The Hall–Kier alpha value is -1.56. The molecule has 4 fully saturated rings. The van der Waals surface area contributed by atoms with Crippen LogP contribution in [0.1, 0.15) is 106 Å². The second-order valence-corrected chi connectivity index (χ2v) is 16.4. The van der Waals surface area contributed by atoms with Gasteiger partial charge in [0.1, 0.15) is 24.4 Å². The lowest BCUT2D eigenvalue weighted by Crippen LogP contribution is -2.65. The molecule has 1 heterocycles. The van der Waals surface area contributed by atoms with E-state index in [1.165, 1.54) is 19.4 Å². The zero-order valence-electron chi connectivity index (χ0n) is 29.4. The number of aliphatic hydroxyl groups excluding tert-OH is 4. The van der Waals surface area contributed by atoms with Crippen molar-refractivity contribution in [3.8, 4) is 0 Å². The molecule has 1 amide bonds. The summed E-state index contributed by atoms with van der Waals surface area (Å²) in [6.45, 7) is 12.1. The lowest BCUT2D eigenvalue weighted by atomic mass is 9.46. The fourth-order valence-corrected chi connectivity index (χ4v) is 10.8. The highest BCUT2D eigenvalue weighted by atomic mass is 16.7. The third kappa shape index (κ3) is 7.34. The monoisotopic (exact) mass is 663 g/mol.